The van der Waals surface area contributed by atoms with Gasteiger partial charge in [-0.3, -0.25) is 4.79 Å². The second-order valence-corrected chi connectivity index (χ2v) is 6.33. The van der Waals surface area contributed by atoms with Crippen molar-refractivity contribution in [3.05, 3.63) is 109 Å². The van der Waals surface area contributed by atoms with E-state index in [2.05, 4.69) is 22.4 Å². The Morgan fingerprint density at radius 2 is 1.67 bits per heavy atom. The average molecular weight is 353 g/mol. The third-order valence-corrected chi connectivity index (χ3v) is 4.36. The summed E-state index contributed by atoms with van der Waals surface area (Å²) in [4.78, 5) is 16.6. The molecule has 0 unspecified atom stereocenters. The molecule has 27 heavy (non-hydrogen) atoms. The molecule has 0 radical (unpaired) electrons. The Hall–Kier alpha value is -3.66. The van der Waals surface area contributed by atoms with Crippen molar-refractivity contribution in [2.24, 2.45) is 0 Å². The molecule has 0 fully saturated rings. The van der Waals surface area contributed by atoms with Crippen LogP contribution in [-0.2, 0) is 6.54 Å². The maximum absolute atomic E-state index is 12.6. The molecule has 1 N–H and O–H groups in total. The van der Waals surface area contributed by atoms with Crippen LogP contribution in [0.2, 0.25) is 0 Å². The first-order valence-electron chi connectivity index (χ1n) is 8.79. The lowest BCUT2D eigenvalue weighted by molar-refractivity contribution is 0.102. The molecular weight excluding hydrogens is 334 g/mol. The standard InChI is InChI=1S/C23H19N3O/c27-23(21-11-9-20(10-12-21)19-6-2-1-3-7-19)25-22-8-4-5-18(15-22)16-26-14-13-24-17-26/h1-15,17H,16H2,(H,25,27). The summed E-state index contributed by atoms with van der Waals surface area (Å²) in [5.41, 5.74) is 4.75. The topological polar surface area (TPSA) is 46.9 Å². The Morgan fingerprint density at radius 1 is 0.889 bits per heavy atom. The first-order valence-corrected chi connectivity index (χ1v) is 8.79. The number of nitrogens with zero attached hydrogens (tertiary/aromatic N) is 2. The van der Waals surface area contributed by atoms with Crippen LogP contribution in [0.4, 0.5) is 5.69 Å². The monoisotopic (exact) mass is 353 g/mol. The molecule has 0 bridgehead atoms. The van der Waals surface area contributed by atoms with E-state index in [1.54, 1.807) is 12.5 Å². The molecule has 132 valence electrons. The molecule has 4 rings (SSSR count). The Bertz CT molecular complexity index is 1020. The maximum Gasteiger partial charge on any atom is 0.255 e. The summed E-state index contributed by atoms with van der Waals surface area (Å²) in [6.45, 7) is 0.718. The Kier molecular flexibility index (Phi) is 4.79. The summed E-state index contributed by atoms with van der Waals surface area (Å²) in [6, 6.07) is 25.6. The number of carbonyl (C=O) groups excluding carboxylic acids is 1. The minimum Gasteiger partial charge on any atom is -0.333 e. The molecule has 0 aliphatic rings. The first kappa shape index (κ1) is 16.8. The summed E-state index contributed by atoms with van der Waals surface area (Å²) in [7, 11) is 0. The van der Waals surface area contributed by atoms with Gasteiger partial charge in [0.1, 0.15) is 0 Å². The minimum absolute atomic E-state index is 0.116. The van der Waals surface area contributed by atoms with E-state index < -0.39 is 0 Å². The maximum atomic E-state index is 12.6. The van der Waals surface area contributed by atoms with E-state index in [1.165, 1.54) is 0 Å². The van der Waals surface area contributed by atoms with Crippen molar-refractivity contribution in [3.8, 4) is 11.1 Å². The smallest absolute Gasteiger partial charge is 0.255 e. The molecule has 4 nitrogen and oxygen atoms in total. The van der Waals surface area contributed by atoms with Crippen LogP contribution < -0.4 is 5.32 Å². The molecule has 0 saturated heterocycles. The highest BCUT2D eigenvalue weighted by molar-refractivity contribution is 6.04. The van der Waals surface area contributed by atoms with E-state index in [1.807, 2.05) is 77.5 Å². The van der Waals surface area contributed by atoms with Gasteiger partial charge in [-0.1, -0.05) is 54.6 Å². The van der Waals surface area contributed by atoms with Gasteiger partial charge < -0.3 is 9.88 Å². The fourth-order valence-electron chi connectivity index (χ4n) is 2.99. The zero-order valence-electron chi connectivity index (χ0n) is 14.7. The summed E-state index contributed by atoms with van der Waals surface area (Å²) >= 11 is 0. The molecule has 3 aromatic carbocycles. The quantitative estimate of drug-likeness (QED) is 0.557. The van der Waals surface area contributed by atoms with Crippen molar-refractivity contribution < 1.29 is 4.79 Å². The second kappa shape index (κ2) is 7.70. The van der Waals surface area contributed by atoms with Gasteiger partial charge >= 0.3 is 0 Å². The molecule has 1 heterocycles. The van der Waals surface area contributed by atoms with E-state index in [0.717, 1.165) is 28.9 Å². The van der Waals surface area contributed by atoms with Crippen molar-refractivity contribution in [3.63, 3.8) is 0 Å². The summed E-state index contributed by atoms with van der Waals surface area (Å²) < 4.78 is 1.99. The molecule has 1 aromatic heterocycles. The van der Waals surface area contributed by atoms with Crippen molar-refractivity contribution >= 4 is 11.6 Å². The molecule has 0 spiro atoms. The molecule has 0 atom stereocenters. The van der Waals surface area contributed by atoms with Crippen LogP contribution in [0.5, 0.6) is 0 Å². The highest BCUT2D eigenvalue weighted by Crippen LogP contribution is 2.20. The van der Waals surface area contributed by atoms with Gasteiger partial charge in [0.05, 0.1) is 6.33 Å². The molecule has 0 saturated carbocycles. The van der Waals surface area contributed by atoms with Gasteiger partial charge in [-0.05, 0) is 41.0 Å². The van der Waals surface area contributed by atoms with Crippen LogP contribution in [0.15, 0.2) is 97.6 Å². The zero-order valence-corrected chi connectivity index (χ0v) is 14.7. The highest BCUT2D eigenvalue weighted by atomic mass is 16.1. The average Bonchev–Trinajstić information content (AvgIpc) is 3.22. The number of carbonyl (C=O) groups is 1. The van der Waals surface area contributed by atoms with Crippen molar-refractivity contribution in [2.75, 3.05) is 5.32 Å². The number of nitrogens with one attached hydrogen (secondary N) is 1. The number of hydrogen-bond acceptors (Lipinski definition) is 2. The van der Waals surface area contributed by atoms with E-state index >= 15 is 0 Å². The van der Waals surface area contributed by atoms with Gasteiger partial charge in [0.25, 0.3) is 5.91 Å². The second-order valence-electron chi connectivity index (χ2n) is 6.33. The van der Waals surface area contributed by atoms with Crippen LogP contribution in [0.25, 0.3) is 11.1 Å². The molecule has 1 amide bonds. The van der Waals surface area contributed by atoms with Crippen LogP contribution in [0, 0.1) is 0 Å². The predicted molar refractivity (Wildman–Crippen MR) is 108 cm³/mol. The zero-order chi connectivity index (χ0) is 18.5. The lowest BCUT2D eigenvalue weighted by Crippen LogP contribution is -2.12. The van der Waals surface area contributed by atoms with Crippen LogP contribution in [0.1, 0.15) is 15.9 Å². The van der Waals surface area contributed by atoms with Gasteiger partial charge in [0, 0.05) is 30.2 Å². The van der Waals surface area contributed by atoms with Crippen LogP contribution in [0.3, 0.4) is 0 Å². The number of rotatable bonds is 5. The Balaban J connectivity index is 1.46. The van der Waals surface area contributed by atoms with Gasteiger partial charge in [-0.25, -0.2) is 4.98 Å². The van der Waals surface area contributed by atoms with E-state index in [-0.39, 0.29) is 5.91 Å². The van der Waals surface area contributed by atoms with Crippen LogP contribution >= 0.6 is 0 Å². The highest BCUT2D eigenvalue weighted by Gasteiger charge is 2.07. The van der Waals surface area contributed by atoms with Crippen LogP contribution in [-0.4, -0.2) is 15.5 Å². The predicted octanol–water partition coefficient (Wildman–Crippen LogP) is 4.85. The molecule has 0 aliphatic carbocycles. The summed E-state index contributed by atoms with van der Waals surface area (Å²) in [6.07, 6.45) is 5.45. The van der Waals surface area contributed by atoms with Crippen molar-refractivity contribution in [2.45, 2.75) is 6.54 Å². The molecule has 4 heteroatoms. The lowest BCUT2D eigenvalue weighted by Gasteiger charge is -2.09. The van der Waals surface area contributed by atoms with Crippen molar-refractivity contribution in [1.82, 2.24) is 9.55 Å². The van der Waals surface area contributed by atoms with Gasteiger partial charge in [-0.15, -0.1) is 0 Å². The SMILES string of the molecule is O=C(Nc1cccc(Cn2ccnc2)c1)c1ccc(-c2ccccc2)cc1. The number of aromatic nitrogens is 2. The van der Waals surface area contributed by atoms with Crippen molar-refractivity contribution in [1.29, 1.82) is 0 Å². The number of hydrogen-bond donors (Lipinski definition) is 1. The first-order chi connectivity index (χ1) is 13.3. The molecule has 0 aliphatic heterocycles. The third-order valence-electron chi connectivity index (χ3n) is 4.36. The number of benzene rings is 3. The Labute approximate surface area is 158 Å². The van der Waals surface area contributed by atoms with E-state index in [0.29, 0.717) is 5.56 Å². The number of anilines is 1. The summed E-state index contributed by atoms with van der Waals surface area (Å²) in [5, 5.41) is 2.97. The normalized spacial score (nSPS) is 10.5. The van der Waals surface area contributed by atoms with Gasteiger partial charge in [0.15, 0.2) is 0 Å². The lowest BCUT2D eigenvalue weighted by atomic mass is 10.0. The Morgan fingerprint density at radius 3 is 2.41 bits per heavy atom. The fourth-order valence-corrected chi connectivity index (χ4v) is 2.99. The van der Waals surface area contributed by atoms with E-state index in [4.69, 9.17) is 0 Å². The molecule has 4 aromatic rings. The largest absolute Gasteiger partial charge is 0.333 e. The minimum atomic E-state index is -0.116. The number of imidazole rings is 1. The summed E-state index contributed by atoms with van der Waals surface area (Å²) in [5.74, 6) is -0.116. The fraction of sp³-hybridized carbons (Fsp3) is 0.0435. The number of amides is 1. The van der Waals surface area contributed by atoms with E-state index in [9.17, 15) is 4.79 Å². The van der Waals surface area contributed by atoms with Gasteiger partial charge in [-0.2, -0.15) is 0 Å². The van der Waals surface area contributed by atoms with Gasteiger partial charge in [0.2, 0.25) is 0 Å². The third kappa shape index (κ3) is 4.12. The molecular formula is C23H19N3O.